The summed E-state index contributed by atoms with van der Waals surface area (Å²) in [5, 5.41) is 3.05. The van der Waals surface area contributed by atoms with Gasteiger partial charge in [-0.05, 0) is 13.0 Å². The Labute approximate surface area is 134 Å². The molecule has 2 saturated heterocycles. The highest BCUT2D eigenvalue weighted by Gasteiger charge is 2.20. The number of hydrogen-bond donors (Lipinski definition) is 1. The van der Waals surface area contributed by atoms with E-state index in [2.05, 4.69) is 22.0 Å². The van der Waals surface area contributed by atoms with Crippen LogP contribution in [0.2, 0.25) is 0 Å². The van der Waals surface area contributed by atoms with Gasteiger partial charge in [-0.15, -0.1) is 0 Å². The minimum absolute atomic E-state index is 0.0986. The topological polar surface area (TPSA) is 48.0 Å². The minimum atomic E-state index is 0.0986. The molecule has 0 aliphatic carbocycles. The van der Waals surface area contributed by atoms with Crippen molar-refractivity contribution in [3.05, 3.63) is 0 Å². The number of urea groups is 1. The number of carbonyl (C=O) groups is 1. The van der Waals surface area contributed by atoms with Crippen LogP contribution >= 0.6 is 0 Å². The Bertz CT molecular complexity index is 313. The molecule has 6 heteroatoms. The highest BCUT2D eigenvalue weighted by molar-refractivity contribution is 5.74. The van der Waals surface area contributed by atoms with Crippen LogP contribution < -0.4 is 5.32 Å². The van der Waals surface area contributed by atoms with Crippen LogP contribution in [0.5, 0.6) is 0 Å². The first kappa shape index (κ1) is 17.5. The van der Waals surface area contributed by atoms with Gasteiger partial charge in [0.15, 0.2) is 0 Å². The molecule has 0 aromatic carbocycles. The number of hydrogen-bond acceptors (Lipinski definition) is 4. The zero-order valence-corrected chi connectivity index (χ0v) is 14.1. The number of carbonyl (C=O) groups excluding carboxylic acids is 1. The molecule has 0 aromatic heterocycles. The molecule has 22 heavy (non-hydrogen) atoms. The molecule has 2 rings (SSSR count). The molecular formula is C16H32N4O2. The third kappa shape index (κ3) is 6.10. The fourth-order valence-corrected chi connectivity index (χ4v) is 3.02. The van der Waals surface area contributed by atoms with Crippen molar-refractivity contribution in [2.45, 2.75) is 26.2 Å². The van der Waals surface area contributed by atoms with Crippen molar-refractivity contribution in [1.29, 1.82) is 0 Å². The van der Waals surface area contributed by atoms with Gasteiger partial charge in [0, 0.05) is 52.4 Å². The fourth-order valence-electron chi connectivity index (χ4n) is 3.02. The van der Waals surface area contributed by atoms with Gasteiger partial charge in [-0.3, -0.25) is 9.80 Å². The Hall–Kier alpha value is -0.850. The second-order valence-corrected chi connectivity index (χ2v) is 6.22. The molecule has 2 aliphatic rings. The molecule has 0 bridgehead atoms. The smallest absolute Gasteiger partial charge is 0.317 e. The van der Waals surface area contributed by atoms with Gasteiger partial charge in [0.2, 0.25) is 0 Å². The van der Waals surface area contributed by atoms with Crippen molar-refractivity contribution in [2.75, 3.05) is 72.1 Å². The van der Waals surface area contributed by atoms with Crippen LogP contribution in [0.15, 0.2) is 0 Å². The van der Waals surface area contributed by atoms with Crippen LogP contribution in [0.3, 0.4) is 0 Å². The standard InChI is InChI=1S/C16H32N4O2/c1-2-3-4-6-18-8-10-20(11-9-18)16(21)17-5-7-19-12-14-22-15-13-19/h2-15H2,1H3,(H,17,21). The van der Waals surface area contributed by atoms with Crippen LogP contribution in [-0.4, -0.2) is 92.8 Å². The summed E-state index contributed by atoms with van der Waals surface area (Å²) in [7, 11) is 0. The highest BCUT2D eigenvalue weighted by Crippen LogP contribution is 2.05. The number of nitrogens with zero attached hydrogens (tertiary/aromatic N) is 3. The van der Waals surface area contributed by atoms with E-state index in [0.29, 0.717) is 0 Å². The van der Waals surface area contributed by atoms with Crippen molar-refractivity contribution >= 4 is 6.03 Å². The lowest BCUT2D eigenvalue weighted by Gasteiger charge is -2.35. The summed E-state index contributed by atoms with van der Waals surface area (Å²) in [4.78, 5) is 18.9. The maximum absolute atomic E-state index is 12.2. The zero-order valence-electron chi connectivity index (χ0n) is 14.1. The third-order valence-electron chi connectivity index (χ3n) is 4.55. The van der Waals surface area contributed by atoms with Gasteiger partial charge in [0.05, 0.1) is 13.2 Å². The Morgan fingerprint density at radius 3 is 2.32 bits per heavy atom. The average Bonchev–Trinajstić information content (AvgIpc) is 2.56. The van der Waals surface area contributed by atoms with E-state index in [-0.39, 0.29) is 6.03 Å². The normalized spacial score (nSPS) is 21.0. The number of nitrogens with one attached hydrogen (secondary N) is 1. The molecule has 0 saturated carbocycles. The summed E-state index contributed by atoms with van der Waals surface area (Å²) in [5.41, 5.74) is 0. The number of morpholine rings is 1. The lowest BCUT2D eigenvalue weighted by molar-refractivity contribution is 0.0385. The minimum Gasteiger partial charge on any atom is -0.379 e. The number of unbranched alkanes of at least 4 members (excludes halogenated alkanes) is 2. The molecule has 128 valence electrons. The van der Waals surface area contributed by atoms with E-state index < -0.39 is 0 Å². The number of amides is 2. The lowest BCUT2D eigenvalue weighted by atomic mass is 10.2. The predicted molar refractivity (Wildman–Crippen MR) is 88.2 cm³/mol. The molecule has 6 nitrogen and oxygen atoms in total. The molecule has 2 fully saturated rings. The van der Waals surface area contributed by atoms with Gasteiger partial charge >= 0.3 is 6.03 Å². The molecule has 2 amide bonds. The van der Waals surface area contributed by atoms with Crippen LogP contribution in [0, 0.1) is 0 Å². The summed E-state index contributed by atoms with van der Waals surface area (Å²) in [6.45, 7) is 12.4. The van der Waals surface area contributed by atoms with Crippen LogP contribution in [0.4, 0.5) is 4.79 Å². The first-order valence-electron chi connectivity index (χ1n) is 8.85. The first-order chi connectivity index (χ1) is 10.8. The number of ether oxygens (including phenoxy) is 1. The van der Waals surface area contributed by atoms with Gasteiger partial charge < -0.3 is 15.0 Å². The van der Waals surface area contributed by atoms with Crippen molar-refractivity contribution in [3.63, 3.8) is 0 Å². The van der Waals surface area contributed by atoms with Gasteiger partial charge in [-0.1, -0.05) is 19.8 Å². The van der Waals surface area contributed by atoms with Crippen molar-refractivity contribution in [3.8, 4) is 0 Å². The maximum atomic E-state index is 12.2. The molecule has 2 aliphatic heterocycles. The zero-order chi connectivity index (χ0) is 15.6. The largest absolute Gasteiger partial charge is 0.379 e. The second-order valence-electron chi connectivity index (χ2n) is 6.22. The molecule has 0 spiro atoms. The summed E-state index contributed by atoms with van der Waals surface area (Å²) < 4.78 is 5.33. The van der Waals surface area contributed by atoms with Gasteiger partial charge in [0.1, 0.15) is 0 Å². The Balaban J connectivity index is 1.54. The summed E-state index contributed by atoms with van der Waals surface area (Å²) in [5.74, 6) is 0. The molecule has 0 unspecified atom stereocenters. The van der Waals surface area contributed by atoms with Gasteiger partial charge in [0.25, 0.3) is 0 Å². The molecular weight excluding hydrogens is 280 g/mol. The molecule has 0 atom stereocenters. The van der Waals surface area contributed by atoms with E-state index in [4.69, 9.17) is 4.74 Å². The Kier molecular flexibility index (Phi) is 7.98. The van der Waals surface area contributed by atoms with E-state index >= 15 is 0 Å². The Morgan fingerprint density at radius 2 is 1.64 bits per heavy atom. The monoisotopic (exact) mass is 312 g/mol. The first-order valence-corrected chi connectivity index (χ1v) is 8.85. The van der Waals surface area contributed by atoms with E-state index in [1.807, 2.05) is 4.90 Å². The average molecular weight is 312 g/mol. The Morgan fingerprint density at radius 1 is 0.955 bits per heavy atom. The lowest BCUT2D eigenvalue weighted by Crippen LogP contribution is -2.52. The maximum Gasteiger partial charge on any atom is 0.317 e. The van der Waals surface area contributed by atoms with Crippen molar-refractivity contribution in [1.82, 2.24) is 20.0 Å². The third-order valence-corrected chi connectivity index (χ3v) is 4.55. The summed E-state index contributed by atoms with van der Waals surface area (Å²) >= 11 is 0. The van der Waals surface area contributed by atoms with E-state index in [9.17, 15) is 4.79 Å². The van der Waals surface area contributed by atoms with Gasteiger partial charge in [-0.25, -0.2) is 4.79 Å². The quantitative estimate of drug-likeness (QED) is 0.708. The van der Waals surface area contributed by atoms with E-state index in [0.717, 1.165) is 65.6 Å². The predicted octanol–water partition coefficient (Wildman–Crippen LogP) is 0.836. The SMILES string of the molecule is CCCCCN1CCN(C(=O)NCCN2CCOCC2)CC1. The van der Waals surface area contributed by atoms with Crippen molar-refractivity contribution < 1.29 is 9.53 Å². The van der Waals surface area contributed by atoms with E-state index in [1.54, 1.807) is 0 Å². The molecule has 0 radical (unpaired) electrons. The fraction of sp³-hybridized carbons (Fsp3) is 0.938. The van der Waals surface area contributed by atoms with E-state index in [1.165, 1.54) is 25.8 Å². The number of rotatable bonds is 7. The van der Waals surface area contributed by atoms with Crippen LogP contribution in [0.25, 0.3) is 0 Å². The summed E-state index contributed by atoms with van der Waals surface area (Å²) in [6.07, 6.45) is 3.86. The van der Waals surface area contributed by atoms with Crippen molar-refractivity contribution in [2.24, 2.45) is 0 Å². The molecule has 2 heterocycles. The number of piperazine rings is 1. The summed E-state index contributed by atoms with van der Waals surface area (Å²) in [6, 6.07) is 0.0986. The van der Waals surface area contributed by atoms with Crippen LogP contribution in [0.1, 0.15) is 26.2 Å². The highest BCUT2D eigenvalue weighted by atomic mass is 16.5. The van der Waals surface area contributed by atoms with Gasteiger partial charge in [-0.2, -0.15) is 0 Å². The molecule has 1 N–H and O–H groups in total. The van der Waals surface area contributed by atoms with Crippen LogP contribution in [-0.2, 0) is 4.74 Å². The second kappa shape index (κ2) is 10.0. The molecule has 0 aromatic rings.